The zero-order valence-corrected chi connectivity index (χ0v) is 17.0. The molecule has 0 aliphatic carbocycles. The van der Waals surface area contributed by atoms with Crippen molar-refractivity contribution in [1.29, 1.82) is 0 Å². The number of esters is 1. The monoisotopic (exact) mass is 407 g/mol. The van der Waals surface area contributed by atoms with E-state index in [4.69, 9.17) is 4.74 Å². The van der Waals surface area contributed by atoms with Crippen LogP contribution in [0.1, 0.15) is 16.8 Å². The van der Waals surface area contributed by atoms with Gasteiger partial charge >= 0.3 is 5.97 Å². The summed E-state index contributed by atoms with van der Waals surface area (Å²) in [5.74, 6) is -0.817. The number of methoxy groups -OCH3 is 1. The molecular formula is C23H25N3O4. The minimum atomic E-state index is -0.434. The van der Waals surface area contributed by atoms with Crippen LogP contribution in [0.4, 0.5) is 11.4 Å². The summed E-state index contributed by atoms with van der Waals surface area (Å²) in [4.78, 5) is 42.9. The lowest BCUT2D eigenvalue weighted by molar-refractivity contribution is -0.145. The van der Waals surface area contributed by atoms with Gasteiger partial charge in [0.05, 0.1) is 24.4 Å². The van der Waals surface area contributed by atoms with Gasteiger partial charge in [0.15, 0.2) is 0 Å². The zero-order chi connectivity index (χ0) is 21.1. The van der Waals surface area contributed by atoms with E-state index in [1.807, 2.05) is 59.5 Å². The van der Waals surface area contributed by atoms with Crippen LogP contribution >= 0.6 is 0 Å². The number of carbonyl (C=O) groups excluding carboxylic acids is 3. The Bertz CT molecular complexity index is 938. The number of nitrogens with zero attached hydrogens (tertiary/aromatic N) is 3. The van der Waals surface area contributed by atoms with Gasteiger partial charge in [-0.3, -0.25) is 14.4 Å². The molecule has 2 aliphatic rings. The summed E-state index contributed by atoms with van der Waals surface area (Å²) in [5, 5.41) is 0. The SMILES string of the molecule is COC(=O)C1CC(=O)N(c2ccccc2N2CCN(C(=O)c3ccccc3)CC2)C1. The van der Waals surface area contributed by atoms with Crippen molar-refractivity contribution < 1.29 is 19.1 Å². The van der Waals surface area contributed by atoms with Crippen LogP contribution in [0.25, 0.3) is 0 Å². The average Bonchev–Trinajstić information content (AvgIpc) is 3.20. The number of anilines is 2. The van der Waals surface area contributed by atoms with Gasteiger partial charge in [0.2, 0.25) is 5.91 Å². The van der Waals surface area contributed by atoms with Crippen molar-refractivity contribution in [3.05, 3.63) is 60.2 Å². The summed E-state index contributed by atoms with van der Waals surface area (Å²) < 4.78 is 4.82. The van der Waals surface area contributed by atoms with E-state index in [9.17, 15) is 14.4 Å². The molecule has 2 amide bonds. The molecule has 2 aromatic carbocycles. The van der Waals surface area contributed by atoms with Gasteiger partial charge < -0.3 is 19.4 Å². The second-order valence-corrected chi connectivity index (χ2v) is 7.56. The Balaban J connectivity index is 1.47. The molecule has 2 heterocycles. The highest BCUT2D eigenvalue weighted by atomic mass is 16.5. The van der Waals surface area contributed by atoms with Gasteiger partial charge in [-0.05, 0) is 24.3 Å². The molecule has 1 unspecified atom stereocenters. The second kappa shape index (κ2) is 8.57. The van der Waals surface area contributed by atoms with E-state index in [-0.39, 0.29) is 24.2 Å². The summed E-state index contributed by atoms with van der Waals surface area (Å²) >= 11 is 0. The Kier molecular flexibility index (Phi) is 5.70. The molecule has 0 bridgehead atoms. The zero-order valence-electron chi connectivity index (χ0n) is 17.0. The van der Waals surface area contributed by atoms with Crippen LogP contribution < -0.4 is 9.80 Å². The van der Waals surface area contributed by atoms with E-state index in [0.717, 1.165) is 11.4 Å². The Morgan fingerprint density at radius 2 is 1.53 bits per heavy atom. The summed E-state index contributed by atoms with van der Waals surface area (Å²) in [6, 6.07) is 17.0. The Morgan fingerprint density at radius 1 is 0.900 bits per heavy atom. The van der Waals surface area contributed by atoms with E-state index in [0.29, 0.717) is 38.3 Å². The Morgan fingerprint density at radius 3 is 2.20 bits per heavy atom. The van der Waals surface area contributed by atoms with E-state index in [1.165, 1.54) is 7.11 Å². The minimum absolute atomic E-state index is 0.0409. The van der Waals surface area contributed by atoms with Gasteiger partial charge in [-0.25, -0.2) is 0 Å². The quantitative estimate of drug-likeness (QED) is 0.727. The Hall–Kier alpha value is -3.35. The number of amides is 2. The van der Waals surface area contributed by atoms with Crippen LogP contribution in [0, 0.1) is 5.92 Å². The normalized spacial score (nSPS) is 19.2. The molecule has 0 spiro atoms. The molecule has 4 rings (SSSR count). The Labute approximate surface area is 175 Å². The van der Waals surface area contributed by atoms with Crippen LogP contribution in [0.2, 0.25) is 0 Å². The number of para-hydroxylation sites is 2. The molecule has 7 nitrogen and oxygen atoms in total. The highest BCUT2D eigenvalue weighted by Crippen LogP contribution is 2.34. The first kappa shape index (κ1) is 19.9. The van der Waals surface area contributed by atoms with Gasteiger partial charge in [-0.15, -0.1) is 0 Å². The number of ether oxygens (including phenoxy) is 1. The molecule has 156 valence electrons. The number of carbonyl (C=O) groups is 3. The predicted octanol–water partition coefficient (Wildman–Crippen LogP) is 2.17. The number of rotatable bonds is 4. The van der Waals surface area contributed by atoms with E-state index in [1.54, 1.807) is 4.90 Å². The van der Waals surface area contributed by atoms with Crippen molar-refractivity contribution in [2.45, 2.75) is 6.42 Å². The molecule has 7 heteroatoms. The van der Waals surface area contributed by atoms with E-state index in [2.05, 4.69) is 4.90 Å². The second-order valence-electron chi connectivity index (χ2n) is 7.56. The van der Waals surface area contributed by atoms with E-state index >= 15 is 0 Å². The smallest absolute Gasteiger partial charge is 0.311 e. The van der Waals surface area contributed by atoms with Crippen molar-refractivity contribution >= 4 is 29.2 Å². The predicted molar refractivity (Wildman–Crippen MR) is 113 cm³/mol. The molecule has 1 atom stereocenters. The summed E-state index contributed by atoms with van der Waals surface area (Å²) in [7, 11) is 1.35. The van der Waals surface area contributed by atoms with Crippen LogP contribution in [-0.2, 0) is 14.3 Å². The molecule has 30 heavy (non-hydrogen) atoms. The van der Waals surface area contributed by atoms with Crippen molar-refractivity contribution in [3.8, 4) is 0 Å². The molecular weight excluding hydrogens is 382 g/mol. The van der Waals surface area contributed by atoms with Crippen molar-refractivity contribution in [2.24, 2.45) is 5.92 Å². The maximum Gasteiger partial charge on any atom is 0.311 e. The largest absolute Gasteiger partial charge is 0.469 e. The molecule has 2 aromatic rings. The topological polar surface area (TPSA) is 70.2 Å². The fourth-order valence-electron chi connectivity index (χ4n) is 4.14. The van der Waals surface area contributed by atoms with Gasteiger partial charge in [0.25, 0.3) is 5.91 Å². The standard InChI is InChI=1S/C23H25N3O4/c1-30-23(29)18-15-21(27)26(16-18)20-10-6-5-9-19(20)24-11-13-25(14-12-24)22(28)17-7-3-2-4-8-17/h2-10,18H,11-16H2,1H3. The van der Waals surface area contributed by atoms with Crippen molar-refractivity contribution in [2.75, 3.05) is 49.6 Å². The molecule has 2 saturated heterocycles. The molecule has 0 N–H and O–H groups in total. The third-order valence-corrected chi connectivity index (χ3v) is 5.76. The third kappa shape index (κ3) is 3.87. The van der Waals surface area contributed by atoms with Gasteiger partial charge in [0, 0.05) is 44.7 Å². The number of benzene rings is 2. The molecule has 0 saturated carbocycles. The fourth-order valence-corrected chi connectivity index (χ4v) is 4.14. The van der Waals surface area contributed by atoms with Gasteiger partial charge in [0.1, 0.15) is 0 Å². The highest BCUT2D eigenvalue weighted by Gasteiger charge is 2.37. The first-order valence-electron chi connectivity index (χ1n) is 10.1. The van der Waals surface area contributed by atoms with Gasteiger partial charge in [-0.1, -0.05) is 30.3 Å². The summed E-state index contributed by atoms with van der Waals surface area (Å²) in [6.07, 6.45) is 0.167. The van der Waals surface area contributed by atoms with Crippen molar-refractivity contribution in [1.82, 2.24) is 4.90 Å². The lowest BCUT2D eigenvalue weighted by Gasteiger charge is -2.37. The lowest BCUT2D eigenvalue weighted by atomic mass is 10.1. The van der Waals surface area contributed by atoms with Crippen LogP contribution in [0.5, 0.6) is 0 Å². The first-order valence-corrected chi connectivity index (χ1v) is 10.1. The van der Waals surface area contributed by atoms with Crippen LogP contribution in [-0.4, -0.2) is 62.5 Å². The number of piperazine rings is 1. The third-order valence-electron chi connectivity index (χ3n) is 5.76. The first-order chi connectivity index (χ1) is 14.6. The molecule has 2 aliphatic heterocycles. The lowest BCUT2D eigenvalue weighted by Crippen LogP contribution is -2.49. The molecule has 2 fully saturated rings. The van der Waals surface area contributed by atoms with Gasteiger partial charge in [-0.2, -0.15) is 0 Å². The fraction of sp³-hybridized carbons (Fsp3) is 0.348. The summed E-state index contributed by atoms with van der Waals surface area (Å²) in [5.41, 5.74) is 2.45. The minimum Gasteiger partial charge on any atom is -0.469 e. The summed E-state index contributed by atoms with van der Waals surface area (Å²) in [6.45, 7) is 2.91. The number of hydrogen-bond acceptors (Lipinski definition) is 5. The average molecular weight is 407 g/mol. The maximum atomic E-state index is 12.7. The molecule has 0 radical (unpaired) electrons. The van der Waals surface area contributed by atoms with Crippen LogP contribution in [0.15, 0.2) is 54.6 Å². The highest BCUT2D eigenvalue weighted by molar-refractivity contribution is 6.02. The van der Waals surface area contributed by atoms with Crippen LogP contribution in [0.3, 0.4) is 0 Å². The number of hydrogen-bond donors (Lipinski definition) is 0. The van der Waals surface area contributed by atoms with Crippen molar-refractivity contribution in [3.63, 3.8) is 0 Å². The molecule has 0 aromatic heterocycles. The van der Waals surface area contributed by atoms with E-state index < -0.39 is 5.92 Å². The maximum absolute atomic E-state index is 12.7.